The molecule has 0 aliphatic rings. The molecule has 0 atom stereocenters. The summed E-state index contributed by atoms with van der Waals surface area (Å²) in [5.41, 5.74) is 1.52. The Morgan fingerprint density at radius 3 is 2.95 bits per heavy atom. The summed E-state index contributed by atoms with van der Waals surface area (Å²) in [6, 6.07) is 9.46. The molecule has 108 valence electrons. The molecule has 0 unspecified atom stereocenters. The molecule has 0 aliphatic heterocycles. The highest BCUT2D eigenvalue weighted by Crippen LogP contribution is 2.28. The van der Waals surface area contributed by atoms with Crippen molar-refractivity contribution in [2.24, 2.45) is 0 Å². The maximum Gasteiger partial charge on any atom is 0.287 e. The Hall–Kier alpha value is -2.27. The maximum absolute atomic E-state index is 12.3. The van der Waals surface area contributed by atoms with E-state index in [1.807, 2.05) is 42.6 Å². The predicted molar refractivity (Wildman–Crippen MR) is 83.0 cm³/mol. The third-order valence-corrected chi connectivity index (χ3v) is 4.23. The number of methoxy groups -OCH3 is 1. The van der Waals surface area contributed by atoms with Gasteiger partial charge in [-0.1, -0.05) is 6.07 Å². The molecule has 2 aromatic heterocycles. The van der Waals surface area contributed by atoms with Gasteiger partial charge in [0.05, 0.1) is 13.7 Å². The molecule has 0 saturated carbocycles. The van der Waals surface area contributed by atoms with Crippen LogP contribution in [0.2, 0.25) is 0 Å². The molecule has 0 spiro atoms. The van der Waals surface area contributed by atoms with Crippen LogP contribution in [0, 0.1) is 6.92 Å². The lowest BCUT2D eigenvalue weighted by Crippen LogP contribution is -2.22. The number of thiophene rings is 1. The van der Waals surface area contributed by atoms with E-state index in [1.165, 1.54) is 0 Å². The molecular formula is C16H15NO3S. The van der Waals surface area contributed by atoms with Gasteiger partial charge in [-0.25, -0.2) is 0 Å². The summed E-state index contributed by atoms with van der Waals surface area (Å²) in [6.07, 6.45) is 0. The molecule has 0 bridgehead atoms. The van der Waals surface area contributed by atoms with Crippen LogP contribution in [0.25, 0.3) is 11.0 Å². The van der Waals surface area contributed by atoms with Crippen molar-refractivity contribution < 1.29 is 13.9 Å². The fourth-order valence-corrected chi connectivity index (χ4v) is 2.85. The number of benzene rings is 1. The van der Waals surface area contributed by atoms with Crippen molar-refractivity contribution in [2.45, 2.75) is 13.5 Å². The van der Waals surface area contributed by atoms with Crippen molar-refractivity contribution >= 4 is 28.2 Å². The Kier molecular flexibility index (Phi) is 3.66. The SMILES string of the molecule is COc1ccc2oc(C(=O)NCc3cccs3)c(C)c2c1. The standard InChI is InChI=1S/C16H15NO3S/c1-10-13-8-11(19-2)5-6-14(13)20-15(10)16(18)17-9-12-4-3-7-21-12/h3-8H,9H2,1-2H3,(H,17,18). The van der Waals surface area contributed by atoms with Gasteiger partial charge in [0.1, 0.15) is 11.3 Å². The van der Waals surface area contributed by atoms with Crippen molar-refractivity contribution in [1.29, 1.82) is 0 Å². The van der Waals surface area contributed by atoms with Gasteiger partial charge < -0.3 is 14.5 Å². The largest absolute Gasteiger partial charge is 0.497 e. The molecule has 0 saturated heterocycles. The van der Waals surface area contributed by atoms with Gasteiger partial charge in [0.2, 0.25) is 0 Å². The van der Waals surface area contributed by atoms with E-state index >= 15 is 0 Å². The lowest BCUT2D eigenvalue weighted by Gasteiger charge is -2.01. The maximum atomic E-state index is 12.3. The molecule has 21 heavy (non-hydrogen) atoms. The Morgan fingerprint density at radius 2 is 2.24 bits per heavy atom. The number of hydrogen-bond acceptors (Lipinski definition) is 4. The monoisotopic (exact) mass is 301 g/mol. The van der Waals surface area contributed by atoms with Crippen molar-refractivity contribution in [3.63, 3.8) is 0 Å². The fourth-order valence-electron chi connectivity index (χ4n) is 2.20. The lowest BCUT2D eigenvalue weighted by molar-refractivity contribution is 0.0925. The Bertz CT molecular complexity index is 774. The Morgan fingerprint density at radius 1 is 1.38 bits per heavy atom. The van der Waals surface area contributed by atoms with Crippen LogP contribution in [-0.2, 0) is 6.54 Å². The van der Waals surface area contributed by atoms with Crippen LogP contribution in [0.1, 0.15) is 21.0 Å². The summed E-state index contributed by atoms with van der Waals surface area (Å²) >= 11 is 1.61. The van der Waals surface area contributed by atoms with E-state index in [9.17, 15) is 4.79 Å². The molecule has 5 heteroatoms. The molecule has 2 heterocycles. The minimum Gasteiger partial charge on any atom is -0.497 e. The van der Waals surface area contributed by atoms with Gasteiger partial charge in [-0.05, 0) is 36.6 Å². The number of furan rings is 1. The van der Waals surface area contributed by atoms with Crippen LogP contribution in [0.15, 0.2) is 40.1 Å². The summed E-state index contributed by atoms with van der Waals surface area (Å²) in [6.45, 7) is 2.39. The summed E-state index contributed by atoms with van der Waals surface area (Å²) in [5, 5.41) is 5.76. The first-order chi connectivity index (χ1) is 10.2. The topological polar surface area (TPSA) is 51.5 Å². The highest BCUT2D eigenvalue weighted by Gasteiger charge is 2.17. The van der Waals surface area contributed by atoms with Gasteiger partial charge in [0.25, 0.3) is 5.91 Å². The number of ether oxygens (including phenoxy) is 1. The van der Waals surface area contributed by atoms with E-state index in [4.69, 9.17) is 9.15 Å². The number of rotatable bonds is 4. The van der Waals surface area contributed by atoms with Crippen LogP contribution in [-0.4, -0.2) is 13.0 Å². The van der Waals surface area contributed by atoms with Crippen LogP contribution in [0.5, 0.6) is 5.75 Å². The zero-order valence-electron chi connectivity index (χ0n) is 11.8. The van der Waals surface area contributed by atoms with Crippen LogP contribution in [0.3, 0.4) is 0 Å². The number of nitrogens with one attached hydrogen (secondary N) is 1. The van der Waals surface area contributed by atoms with Crippen molar-refractivity contribution in [3.8, 4) is 5.75 Å². The van der Waals surface area contributed by atoms with Gasteiger partial charge in [0.15, 0.2) is 5.76 Å². The number of carbonyl (C=O) groups is 1. The molecule has 0 fully saturated rings. The highest BCUT2D eigenvalue weighted by atomic mass is 32.1. The second-order valence-electron chi connectivity index (χ2n) is 4.68. The number of hydrogen-bond donors (Lipinski definition) is 1. The third kappa shape index (κ3) is 2.64. The minimum atomic E-state index is -0.198. The average Bonchev–Trinajstić information content (AvgIpc) is 3.13. The summed E-state index contributed by atoms with van der Waals surface area (Å²) in [4.78, 5) is 13.4. The highest BCUT2D eigenvalue weighted by molar-refractivity contribution is 7.09. The fraction of sp³-hybridized carbons (Fsp3) is 0.188. The summed E-state index contributed by atoms with van der Waals surface area (Å²) < 4.78 is 10.9. The number of aryl methyl sites for hydroxylation is 1. The first-order valence-electron chi connectivity index (χ1n) is 6.57. The van der Waals surface area contributed by atoms with Crippen molar-refractivity contribution in [3.05, 3.63) is 51.9 Å². The Labute approximate surface area is 126 Å². The molecule has 0 aliphatic carbocycles. The van der Waals surface area contributed by atoms with Gasteiger partial charge in [0, 0.05) is 15.8 Å². The van der Waals surface area contributed by atoms with Gasteiger partial charge in [-0.15, -0.1) is 11.3 Å². The molecule has 0 radical (unpaired) electrons. The number of fused-ring (bicyclic) bond motifs is 1. The van der Waals surface area contributed by atoms with Gasteiger partial charge in [-0.2, -0.15) is 0 Å². The molecule has 1 aromatic carbocycles. The van der Waals surface area contributed by atoms with Gasteiger partial charge in [-0.3, -0.25) is 4.79 Å². The van der Waals surface area contributed by atoms with E-state index < -0.39 is 0 Å². The normalized spacial score (nSPS) is 10.8. The van der Waals surface area contributed by atoms with Crippen LogP contribution >= 0.6 is 11.3 Å². The zero-order valence-corrected chi connectivity index (χ0v) is 12.6. The van der Waals surface area contributed by atoms with E-state index in [2.05, 4.69) is 5.32 Å². The zero-order chi connectivity index (χ0) is 14.8. The summed E-state index contributed by atoms with van der Waals surface area (Å²) in [5.74, 6) is 0.905. The first kappa shape index (κ1) is 13.7. The third-order valence-electron chi connectivity index (χ3n) is 3.35. The van der Waals surface area contributed by atoms with E-state index in [1.54, 1.807) is 18.4 Å². The van der Waals surface area contributed by atoms with E-state index in [0.29, 0.717) is 17.9 Å². The molecule has 1 N–H and O–H groups in total. The summed E-state index contributed by atoms with van der Waals surface area (Å²) in [7, 11) is 1.62. The van der Waals surface area contributed by atoms with Crippen LogP contribution in [0.4, 0.5) is 0 Å². The molecule has 4 nitrogen and oxygen atoms in total. The number of amides is 1. The lowest BCUT2D eigenvalue weighted by atomic mass is 10.1. The molecule has 3 aromatic rings. The van der Waals surface area contributed by atoms with Crippen molar-refractivity contribution in [1.82, 2.24) is 5.32 Å². The molecule has 1 amide bonds. The van der Waals surface area contributed by atoms with Gasteiger partial charge >= 0.3 is 0 Å². The second kappa shape index (κ2) is 5.61. The second-order valence-corrected chi connectivity index (χ2v) is 5.71. The minimum absolute atomic E-state index is 0.198. The van der Waals surface area contributed by atoms with Crippen LogP contribution < -0.4 is 10.1 Å². The predicted octanol–water partition coefficient (Wildman–Crippen LogP) is 3.74. The first-order valence-corrected chi connectivity index (χ1v) is 7.44. The van der Waals surface area contributed by atoms with E-state index in [-0.39, 0.29) is 5.91 Å². The quantitative estimate of drug-likeness (QED) is 0.798. The smallest absolute Gasteiger partial charge is 0.287 e. The number of carbonyl (C=O) groups excluding carboxylic acids is 1. The molecule has 3 rings (SSSR count). The average molecular weight is 301 g/mol. The Balaban J connectivity index is 1.85. The molecular weight excluding hydrogens is 286 g/mol. The van der Waals surface area contributed by atoms with E-state index in [0.717, 1.165) is 21.6 Å². The van der Waals surface area contributed by atoms with Crippen molar-refractivity contribution in [2.75, 3.05) is 7.11 Å².